The standard InChI is InChI=1S/C22H26ClN3O3/c1-13-5-6-17-15(9-13)16-10-14(23)11-24-20(16)26(17)18-7-8-25(12-19(18)27)21(28)29-22(2,3)4/h5-6,9-11,18-19,27H,7-8,12H2,1-4H3/t18-,19?/m0/s1. The van der Waals surface area contributed by atoms with E-state index < -0.39 is 17.8 Å². The van der Waals surface area contributed by atoms with Gasteiger partial charge in [0.05, 0.1) is 29.2 Å². The van der Waals surface area contributed by atoms with E-state index in [1.165, 1.54) is 0 Å². The number of aliphatic hydroxyl groups excluding tert-OH is 1. The van der Waals surface area contributed by atoms with Crippen molar-refractivity contribution in [2.45, 2.75) is 51.9 Å². The molecule has 1 aliphatic rings. The fourth-order valence-corrected chi connectivity index (χ4v) is 4.22. The predicted octanol–water partition coefficient (Wildman–Crippen LogP) is 4.69. The Bertz CT molecular complexity index is 1030. The molecule has 1 aromatic carbocycles. The molecule has 1 fully saturated rings. The van der Waals surface area contributed by atoms with Crippen LogP contribution in [0.5, 0.6) is 0 Å². The lowest BCUT2D eigenvalue weighted by atomic mass is 10.0. The summed E-state index contributed by atoms with van der Waals surface area (Å²) in [6, 6.07) is 7.97. The summed E-state index contributed by atoms with van der Waals surface area (Å²) in [4.78, 5) is 18.6. The Morgan fingerprint density at radius 2 is 2.03 bits per heavy atom. The number of amides is 1. The van der Waals surface area contributed by atoms with E-state index in [1.54, 1.807) is 11.1 Å². The molecule has 0 bridgehead atoms. The molecule has 4 rings (SSSR count). The minimum Gasteiger partial charge on any atom is -0.444 e. The molecule has 1 aliphatic heterocycles. The number of hydrogen-bond donors (Lipinski definition) is 1. The van der Waals surface area contributed by atoms with Crippen LogP contribution in [0.25, 0.3) is 21.9 Å². The molecule has 3 aromatic rings. The highest BCUT2D eigenvalue weighted by molar-refractivity contribution is 6.31. The lowest BCUT2D eigenvalue weighted by molar-refractivity contribution is -0.00886. The highest BCUT2D eigenvalue weighted by atomic mass is 35.5. The van der Waals surface area contributed by atoms with Gasteiger partial charge in [0.2, 0.25) is 0 Å². The molecule has 1 unspecified atom stereocenters. The van der Waals surface area contributed by atoms with Gasteiger partial charge in [0.25, 0.3) is 0 Å². The number of carbonyl (C=O) groups is 1. The molecule has 1 saturated heterocycles. The van der Waals surface area contributed by atoms with Gasteiger partial charge in [-0.2, -0.15) is 0 Å². The third kappa shape index (κ3) is 3.79. The first kappa shape index (κ1) is 20.0. The Morgan fingerprint density at radius 1 is 1.28 bits per heavy atom. The number of pyridine rings is 1. The minimum absolute atomic E-state index is 0.190. The molecule has 2 aromatic heterocycles. The molecule has 154 valence electrons. The van der Waals surface area contributed by atoms with Gasteiger partial charge in [-0.15, -0.1) is 0 Å². The smallest absolute Gasteiger partial charge is 0.410 e. The molecule has 7 heteroatoms. The van der Waals surface area contributed by atoms with Crippen LogP contribution in [0.3, 0.4) is 0 Å². The van der Waals surface area contributed by atoms with Gasteiger partial charge in [-0.25, -0.2) is 9.78 Å². The van der Waals surface area contributed by atoms with Gasteiger partial charge in [0.1, 0.15) is 11.2 Å². The first-order chi connectivity index (χ1) is 13.6. The summed E-state index contributed by atoms with van der Waals surface area (Å²) in [5.41, 5.74) is 2.39. The van der Waals surface area contributed by atoms with E-state index in [4.69, 9.17) is 16.3 Å². The van der Waals surface area contributed by atoms with Gasteiger partial charge < -0.3 is 19.3 Å². The van der Waals surface area contributed by atoms with Crippen molar-refractivity contribution in [2.75, 3.05) is 13.1 Å². The third-order valence-electron chi connectivity index (χ3n) is 5.29. The number of β-amino-alcohol motifs (C(OH)–C–C–N with tert-alkyl or cyclic N) is 1. The van der Waals surface area contributed by atoms with Gasteiger partial charge in [-0.3, -0.25) is 0 Å². The summed E-state index contributed by atoms with van der Waals surface area (Å²) in [5, 5.41) is 13.6. The van der Waals surface area contributed by atoms with Gasteiger partial charge >= 0.3 is 6.09 Å². The summed E-state index contributed by atoms with van der Waals surface area (Å²) in [6.07, 6.45) is 1.12. The fourth-order valence-electron chi connectivity index (χ4n) is 4.06. The third-order valence-corrected chi connectivity index (χ3v) is 5.50. The lowest BCUT2D eigenvalue weighted by Crippen LogP contribution is -2.48. The van der Waals surface area contributed by atoms with Crippen LogP contribution < -0.4 is 0 Å². The van der Waals surface area contributed by atoms with Crippen LogP contribution in [-0.2, 0) is 4.74 Å². The zero-order chi connectivity index (χ0) is 20.9. The van der Waals surface area contributed by atoms with E-state index in [-0.39, 0.29) is 12.6 Å². The number of halogens is 1. The number of aliphatic hydroxyl groups is 1. The van der Waals surface area contributed by atoms with Crippen molar-refractivity contribution >= 4 is 39.6 Å². The summed E-state index contributed by atoms with van der Waals surface area (Å²) in [5.74, 6) is 0. The van der Waals surface area contributed by atoms with E-state index in [0.29, 0.717) is 18.0 Å². The van der Waals surface area contributed by atoms with Crippen molar-refractivity contribution in [2.24, 2.45) is 0 Å². The number of aromatic nitrogens is 2. The average molecular weight is 416 g/mol. The number of ether oxygens (including phenoxy) is 1. The second-order valence-corrected chi connectivity index (χ2v) is 9.20. The Morgan fingerprint density at radius 3 is 2.72 bits per heavy atom. The zero-order valence-corrected chi connectivity index (χ0v) is 17.9. The number of carbonyl (C=O) groups excluding carboxylic acids is 1. The SMILES string of the molecule is Cc1ccc2c(c1)c1cc(Cl)cnc1n2[C@H]1CCN(C(=O)OC(C)(C)C)CC1O. The number of aryl methyl sites for hydroxylation is 1. The summed E-state index contributed by atoms with van der Waals surface area (Å²) >= 11 is 6.21. The predicted molar refractivity (Wildman–Crippen MR) is 114 cm³/mol. The van der Waals surface area contributed by atoms with Gasteiger partial charge in [-0.1, -0.05) is 23.2 Å². The van der Waals surface area contributed by atoms with Crippen molar-refractivity contribution in [1.29, 1.82) is 0 Å². The van der Waals surface area contributed by atoms with Crippen molar-refractivity contribution in [1.82, 2.24) is 14.5 Å². The quantitative estimate of drug-likeness (QED) is 0.625. The molecule has 29 heavy (non-hydrogen) atoms. The van der Waals surface area contributed by atoms with Crippen LogP contribution in [0.2, 0.25) is 5.02 Å². The molecular weight excluding hydrogens is 390 g/mol. The molecular formula is C22H26ClN3O3. The topological polar surface area (TPSA) is 67.6 Å². The molecule has 2 atom stereocenters. The maximum atomic E-state index is 12.4. The zero-order valence-electron chi connectivity index (χ0n) is 17.1. The van der Waals surface area contributed by atoms with E-state index >= 15 is 0 Å². The van der Waals surface area contributed by atoms with Gasteiger partial charge in [-0.05, 0) is 52.3 Å². The van der Waals surface area contributed by atoms with Crippen LogP contribution in [0.4, 0.5) is 4.79 Å². The largest absolute Gasteiger partial charge is 0.444 e. The molecule has 0 radical (unpaired) electrons. The molecule has 0 spiro atoms. The number of nitrogens with zero attached hydrogens (tertiary/aromatic N) is 3. The van der Waals surface area contributed by atoms with Crippen molar-refractivity contribution < 1.29 is 14.6 Å². The van der Waals surface area contributed by atoms with Crippen LogP contribution in [0, 0.1) is 6.92 Å². The molecule has 1 N–H and O–H groups in total. The Labute approximate surface area is 175 Å². The van der Waals surface area contributed by atoms with Crippen molar-refractivity contribution in [3.63, 3.8) is 0 Å². The van der Waals surface area contributed by atoms with E-state index in [2.05, 4.69) is 34.7 Å². The van der Waals surface area contributed by atoms with E-state index in [9.17, 15) is 9.90 Å². The summed E-state index contributed by atoms with van der Waals surface area (Å²) in [6.45, 7) is 8.30. The van der Waals surface area contributed by atoms with Crippen LogP contribution in [0.15, 0.2) is 30.5 Å². The molecule has 1 amide bonds. The van der Waals surface area contributed by atoms with Crippen LogP contribution in [-0.4, -0.2) is 50.4 Å². The maximum absolute atomic E-state index is 12.4. The number of benzene rings is 1. The number of rotatable bonds is 1. The first-order valence-electron chi connectivity index (χ1n) is 9.86. The molecule has 3 heterocycles. The number of piperidine rings is 1. The van der Waals surface area contributed by atoms with Gasteiger partial charge in [0.15, 0.2) is 0 Å². The second-order valence-electron chi connectivity index (χ2n) is 8.77. The Balaban J connectivity index is 1.71. The summed E-state index contributed by atoms with van der Waals surface area (Å²) < 4.78 is 7.56. The molecule has 0 aliphatic carbocycles. The highest BCUT2D eigenvalue weighted by Crippen LogP contribution is 2.36. The summed E-state index contributed by atoms with van der Waals surface area (Å²) in [7, 11) is 0. The number of likely N-dealkylation sites (tertiary alicyclic amines) is 1. The first-order valence-corrected chi connectivity index (χ1v) is 10.2. The van der Waals surface area contributed by atoms with E-state index in [0.717, 1.165) is 27.5 Å². The van der Waals surface area contributed by atoms with Crippen molar-refractivity contribution in [3.8, 4) is 0 Å². The molecule has 0 saturated carbocycles. The van der Waals surface area contributed by atoms with Crippen LogP contribution >= 0.6 is 11.6 Å². The van der Waals surface area contributed by atoms with Crippen molar-refractivity contribution in [3.05, 3.63) is 41.0 Å². The Hall–Kier alpha value is -2.31. The highest BCUT2D eigenvalue weighted by Gasteiger charge is 2.35. The second kappa shape index (κ2) is 7.18. The fraction of sp³-hybridized carbons (Fsp3) is 0.455. The van der Waals surface area contributed by atoms with Crippen LogP contribution in [0.1, 0.15) is 38.8 Å². The Kier molecular flexibility index (Phi) is 4.95. The average Bonchev–Trinajstić information content (AvgIpc) is 2.93. The maximum Gasteiger partial charge on any atom is 0.410 e. The minimum atomic E-state index is -0.728. The van der Waals surface area contributed by atoms with E-state index in [1.807, 2.05) is 26.8 Å². The normalized spacial score (nSPS) is 20.4. The monoisotopic (exact) mass is 415 g/mol. The molecule has 6 nitrogen and oxygen atoms in total. The number of hydrogen-bond acceptors (Lipinski definition) is 4. The number of fused-ring (bicyclic) bond motifs is 3. The van der Waals surface area contributed by atoms with Gasteiger partial charge in [0, 0.05) is 23.5 Å². The lowest BCUT2D eigenvalue weighted by Gasteiger charge is -2.37.